The van der Waals surface area contributed by atoms with E-state index >= 15 is 0 Å². The van der Waals surface area contributed by atoms with Crippen LogP contribution in [-0.4, -0.2) is 64.0 Å². The molecule has 0 saturated carbocycles. The Morgan fingerprint density at radius 3 is 2.83 bits per heavy atom. The third-order valence-electron chi connectivity index (χ3n) is 4.61. The fraction of sp³-hybridized carbons (Fsp3) is 0.588. The molecule has 1 unspecified atom stereocenters. The molecule has 2 heterocycles. The number of hydrogen-bond donors (Lipinski definition) is 1. The molecule has 6 nitrogen and oxygen atoms in total. The lowest BCUT2D eigenvalue weighted by Gasteiger charge is -2.37. The van der Waals surface area contributed by atoms with Crippen LogP contribution in [0, 0.1) is 0 Å². The summed E-state index contributed by atoms with van der Waals surface area (Å²) >= 11 is 0. The van der Waals surface area contributed by atoms with Crippen LogP contribution in [0.15, 0.2) is 24.4 Å². The van der Waals surface area contributed by atoms with Gasteiger partial charge in [-0.1, -0.05) is 6.07 Å². The summed E-state index contributed by atoms with van der Waals surface area (Å²) in [5.74, 6) is -0.136. The van der Waals surface area contributed by atoms with E-state index in [1.165, 1.54) is 6.92 Å². The molecule has 1 aromatic rings. The maximum Gasteiger partial charge on any atom is 0.224 e. The lowest BCUT2D eigenvalue weighted by molar-refractivity contribution is -0.140. The van der Waals surface area contributed by atoms with Gasteiger partial charge >= 0.3 is 0 Å². The fourth-order valence-electron chi connectivity index (χ4n) is 3.20. The second kappa shape index (κ2) is 7.55. The summed E-state index contributed by atoms with van der Waals surface area (Å²) in [6, 6.07) is 5.72. The standard InChI is InChI=1S/C17H25N3O3/c1-14(22)20-10-5-8-17(20,13-21)12-16(23)19(2)11-7-15-6-3-4-9-18-15/h3-4,6,9,21H,5,7-8,10-13H2,1-2H3. The van der Waals surface area contributed by atoms with Gasteiger partial charge in [0.25, 0.3) is 0 Å². The molecule has 126 valence electrons. The number of hydrogen-bond acceptors (Lipinski definition) is 4. The van der Waals surface area contributed by atoms with E-state index in [2.05, 4.69) is 4.98 Å². The molecule has 1 aliphatic rings. The van der Waals surface area contributed by atoms with Crippen LogP contribution < -0.4 is 0 Å². The minimum atomic E-state index is -0.734. The summed E-state index contributed by atoms with van der Waals surface area (Å²) in [7, 11) is 1.75. The molecule has 23 heavy (non-hydrogen) atoms. The molecule has 1 atom stereocenters. The predicted molar refractivity (Wildman–Crippen MR) is 86.6 cm³/mol. The van der Waals surface area contributed by atoms with Crippen molar-refractivity contribution < 1.29 is 14.7 Å². The summed E-state index contributed by atoms with van der Waals surface area (Å²) in [4.78, 5) is 31.8. The summed E-state index contributed by atoms with van der Waals surface area (Å²) in [6.07, 6.45) is 4.09. The number of aliphatic hydroxyl groups excluding tert-OH is 1. The number of carbonyl (C=O) groups excluding carboxylic acids is 2. The Bertz CT molecular complexity index is 549. The smallest absolute Gasteiger partial charge is 0.224 e. The first-order chi connectivity index (χ1) is 11.0. The molecular formula is C17H25N3O3. The Morgan fingerprint density at radius 1 is 1.43 bits per heavy atom. The van der Waals surface area contributed by atoms with Crippen LogP contribution in [-0.2, 0) is 16.0 Å². The number of likely N-dealkylation sites (tertiary alicyclic amines) is 1. The largest absolute Gasteiger partial charge is 0.394 e. The second-order valence-corrected chi connectivity index (χ2v) is 6.22. The Kier molecular flexibility index (Phi) is 5.71. The molecule has 0 aromatic carbocycles. The minimum Gasteiger partial charge on any atom is -0.394 e. The average Bonchev–Trinajstić information content (AvgIpc) is 2.97. The van der Waals surface area contributed by atoms with Crippen LogP contribution in [0.3, 0.4) is 0 Å². The van der Waals surface area contributed by atoms with Gasteiger partial charge in [-0.25, -0.2) is 0 Å². The highest BCUT2D eigenvalue weighted by Gasteiger charge is 2.44. The number of carbonyl (C=O) groups is 2. The first kappa shape index (κ1) is 17.4. The molecule has 1 N–H and O–H groups in total. The average molecular weight is 319 g/mol. The van der Waals surface area contributed by atoms with Crippen LogP contribution in [0.1, 0.15) is 31.9 Å². The van der Waals surface area contributed by atoms with Gasteiger partial charge in [-0.05, 0) is 25.0 Å². The van der Waals surface area contributed by atoms with Gasteiger partial charge in [-0.3, -0.25) is 14.6 Å². The molecule has 0 radical (unpaired) electrons. The van der Waals surface area contributed by atoms with Gasteiger partial charge in [-0.15, -0.1) is 0 Å². The summed E-state index contributed by atoms with van der Waals surface area (Å²) in [5.41, 5.74) is 0.206. The van der Waals surface area contributed by atoms with Gasteiger partial charge in [-0.2, -0.15) is 0 Å². The molecule has 0 aliphatic carbocycles. The molecular weight excluding hydrogens is 294 g/mol. The van der Waals surface area contributed by atoms with Crippen molar-refractivity contribution in [3.63, 3.8) is 0 Å². The van der Waals surface area contributed by atoms with Crippen LogP contribution >= 0.6 is 0 Å². The zero-order valence-corrected chi connectivity index (χ0v) is 13.9. The second-order valence-electron chi connectivity index (χ2n) is 6.22. The summed E-state index contributed by atoms with van der Waals surface area (Å²) < 4.78 is 0. The fourth-order valence-corrected chi connectivity index (χ4v) is 3.20. The van der Waals surface area contributed by atoms with Crippen LogP contribution in [0.4, 0.5) is 0 Å². The molecule has 1 aliphatic heterocycles. The van der Waals surface area contributed by atoms with Gasteiger partial charge in [0.05, 0.1) is 18.6 Å². The third kappa shape index (κ3) is 4.07. The maximum absolute atomic E-state index is 12.5. The van der Waals surface area contributed by atoms with Crippen LogP contribution in [0.2, 0.25) is 0 Å². The van der Waals surface area contributed by atoms with E-state index in [1.807, 2.05) is 18.2 Å². The molecule has 0 spiro atoms. The van der Waals surface area contributed by atoms with Gasteiger partial charge < -0.3 is 14.9 Å². The predicted octanol–water partition coefficient (Wildman–Crippen LogP) is 0.846. The van der Waals surface area contributed by atoms with Crippen molar-refractivity contribution in [2.75, 3.05) is 26.7 Å². The van der Waals surface area contributed by atoms with Gasteiger partial charge in [0.15, 0.2) is 0 Å². The van der Waals surface area contributed by atoms with E-state index in [0.717, 1.165) is 12.1 Å². The first-order valence-corrected chi connectivity index (χ1v) is 8.01. The van der Waals surface area contributed by atoms with E-state index in [4.69, 9.17) is 0 Å². The maximum atomic E-state index is 12.5. The SMILES string of the molecule is CC(=O)N1CCCC1(CO)CC(=O)N(C)CCc1ccccn1. The highest BCUT2D eigenvalue weighted by atomic mass is 16.3. The van der Waals surface area contributed by atoms with Crippen molar-refractivity contribution in [1.82, 2.24) is 14.8 Å². The Balaban J connectivity index is 1.95. The number of aliphatic hydroxyl groups is 1. The molecule has 6 heteroatoms. The van der Waals surface area contributed by atoms with Gasteiger partial charge in [0, 0.05) is 45.4 Å². The Hall–Kier alpha value is -1.95. The van der Waals surface area contributed by atoms with E-state index in [0.29, 0.717) is 25.9 Å². The number of rotatable bonds is 6. The van der Waals surface area contributed by atoms with E-state index in [-0.39, 0.29) is 24.8 Å². The van der Waals surface area contributed by atoms with Crippen molar-refractivity contribution in [1.29, 1.82) is 0 Å². The van der Waals surface area contributed by atoms with Crippen molar-refractivity contribution in [2.45, 2.75) is 38.1 Å². The topological polar surface area (TPSA) is 73.7 Å². The molecule has 1 fully saturated rings. The molecule has 2 rings (SSSR count). The zero-order valence-electron chi connectivity index (χ0n) is 13.9. The minimum absolute atomic E-state index is 0.0527. The number of nitrogens with zero attached hydrogens (tertiary/aromatic N) is 3. The van der Waals surface area contributed by atoms with Crippen molar-refractivity contribution in [3.8, 4) is 0 Å². The van der Waals surface area contributed by atoms with Crippen molar-refractivity contribution >= 4 is 11.8 Å². The van der Waals surface area contributed by atoms with E-state index in [1.54, 1.807) is 23.0 Å². The lowest BCUT2D eigenvalue weighted by Crippen LogP contribution is -2.52. The zero-order chi connectivity index (χ0) is 16.9. The molecule has 0 bridgehead atoms. The van der Waals surface area contributed by atoms with Crippen LogP contribution in [0.25, 0.3) is 0 Å². The number of aromatic nitrogens is 1. The van der Waals surface area contributed by atoms with Gasteiger partial charge in [0.2, 0.25) is 11.8 Å². The monoisotopic (exact) mass is 319 g/mol. The summed E-state index contributed by atoms with van der Waals surface area (Å²) in [6.45, 7) is 2.50. The quantitative estimate of drug-likeness (QED) is 0.843. The normalized spacial score (nSPS) is 20.6. The first-order valence-electron chi connectivity index (χ1n) is 8.01. The number of pyridine rings is 1. The highest BCUT2D eigenvalue weighted by molar-refractivity contribution is 5.80. The van der Waals surface area contributed by atoms with Gasteiger partial charge in [0.1, 0.15) is 0 Å². The number of likely N-dealkylation sites (N-methyl/N-ethyl adjacent to an activating group) is 1. The Labute approximate surface area is 137 Å². The van der Waals surface area contributed by atoms with Crippen LogP contribution in [0.5, 0.6) is 0 Å². The number of amides is 2. The van der Waals surface area contributed by atoms with Crippen molar-refractivity contribution in [2.24, 2.45) is 0 Å². The van der Waals surface area contributed by atoms with E-state index < -0.39 is 5.54 Å². The van der Waals surface area contributed by atoms with E-state index in [9.17, 15) is 14.7 Å². The molecule has 1 aromatic heterocycles. The Morgan fingerprint density at radius 2 is 2.22 bits per heavy atom. The summed E-state index contributed by atoms with van der Waals surface area (Å²) in [5, 5.41) is 9.80. The molecule has 1 saturated heterocycles. The molecule has 2 amide bonds. The highest BCUT2D eigenvalue weighted by Crippen LogP contribution is 2.32. The lowest BCUT2D eigenvalue weighted by atomic mass is 9.92. The third-order valence-corrected chi connectivity index (χ3v) is 4.61. The van der Waals surface area contributed by atoms with Crippen molar-refractivity contribution in [3.05, 3.63) is 30.1 Å².